The molecule has 0 radical (unpaired) electrons. The highest BCUT2D eigenvalue weighted by molar-refractivity contribution is 6.02. The van der Waals surface area contributed by atoms with E-state index in [-0.39, 0.29) is 0 Å². The molecule has 0 spiro atoms. The molecule has 0 bridgehead atoms. The van der Waals surface area contributed by atoms with Gasteiger partial charge < -0.3 is 9.73 Å². The van der Waals surface area contributed by atoms with Crippen LogP contribution in [0.3, 0.4) is 0 Å². The van der Waals surface area contributed by atoms with Crippen LogP contribution < -0.4 is 5.32 Å². The molecule has 1 aliphatic heterocycles. The van der Waals surface area contributed by atoms with Gasteiger partial charge in [0.15, 0.2) is 23.1 Å². The van der Waals surface area contributed by atoms with Crippen molar-refractivity contribution < 1.29 is 4.42 Å². The van der Waals surface area contributed by atoms with E-state index in [1.807, 2.05) is 84.9 Å². The number of hydrogen-bond acceptors (Lipinski definition) is 7. The van der Waals surface area contributed by atoms with Crippen LogP contribution in [0.5, 0.6) is 0 Å². The first kappa shape index (κ1) is 26.9. The van der Waals surface area contributed by atoms with Crippen molar-refractivity contribution in [3.8, 4) is 45.6 Å². The first-order valence-electron chi connectivity index (χ1n) is 15.5. The van der Waals surface area contributed by atoms with E-state index < -0.39 is 0 Å². The molecule has 0 amide bonds. The van der Waals surface area contributed by atoms with Crippen LogP contribution in [0, 0.1) is 0 Å². The molecule has 7 nitrogen and oxygen atoms in total. The summed E-state index contributed by atoms with van der Waals surface area (Å²) in [6.45, 7) is 0.657. The van der Waals surface area contributed by atoms with Crippen molar-refractivity contribution in [1.82, 2.24) is 24.9 Å². The number of pyridine rings is 2. The van der Waals surface area contributed by atoms with Crippen molar-refractivity contribution in [3.63, 3.8) is 0 Å². The summed E-state index contributed by atoms with van der Waals surface area (Å²) in [6, 6.07) is 42.7. The lowest BCUT2D eigenvalue weighted by Crippen LogP contribution is -2.07. The molecule has 47 heavy (non-hydrogen) atoms. The smallest absolute Gasteiger partial charge is 0.202 e. The maximum atomic E-state index is 6.25. The Morgan fingerprint density at radius 3 is 1.87 bits per heavy atom. The van der Waals surface area contributed by atoms with Crippen LogP contribution >= 0.6 is 0 Å². The fourth-order valence-electron chi connectivity index (χ4n) is 6.09. The summed E-state index contributed by atoms with van der Waals surface area (Å²) in [5.74, 6) is 2.64. The largest absolute Gasteiger partial charge is 0.438 e. The van der Waals surface area contributed by atoms with E-state index in [1.54, 1.807) is 6.20 Å². The zero-order valence-electron chi connectivity index (χ0n) is 25.1. The molecule has 0 saturated heterocycles. The van der Waals surface area contributed by atoms with Crippen LogP contribution in [-0.4, -0.2) is 31.5 Å². The van der Waals surface area contributed by atoms with Crippen molar-refractivity contribution >= 4 is 33.3 Å². The fraction of sp³-hybridized carbons (Fsp3) is 0.0250. The van der Waals surface area contributed by atoms with Crippen molar-refractivity contribution in [2.24, 2.45) is 0 Å². The third-order valence-electron chi connectivity index (χ3n) is 8.43. The van der Waals surface area contributed by atoms with E-state index in [0.29, 0.717) is 24.0 Å². The molecule has 4 aromatic carbocycles. The monoisotopic (exact) mass is 606 g/mol. The van der Waals surface area contributed by atoms with Crippen LogP contribution in [0.2, 0.25) is 0 Å². The van der Waals surface area contributed by atoms with E-state index >= 15 is 0 Å². The molecule has 222 valence electrons. The summed E-state index contributed by atoms with van der Waals surface area (Å²) in [5.41, 5.74) is 9.25. The number of aromatic nitrogens is 5. The second-order valence-electron chi connectivity index (χ2n) is 11.4. The van der Waals surface area contributed by atoms with Gasteiger partial charge in [0.05, 0.1) is 28.7 Å². The van der Waals surface area contributed by atoms with Gasteiger partial charge in [-0.1, -0.05) is 115 Å². The number of para-hydroxylation sites is 1. The minimum Gasteiger partial charge on any atom is -0.438 e. The second kappa shape index (κ2) is 11.2. The maximum Gasteiger partial charge on any atom is 0.202 e. The topological polar surface area (TPSA) is 89.6 Å². The zero-order chi connectivity index (χ0) is 31.2. The summed E-state index contributed by atoms with van der Waals surface area (Å²) in [5, 5.41) is 5.49. The van der Waals surface area contributed by atoms with Crippen LogP contribution in [0.4, 0.5) is 5.88 Å². The molecule has 0 atom stereocenters. The van der Waals surface area contributed by atoms with Crippen LogP contribution in [0.15, 0.2) is 144 Å². The van der Waals surface area contributed by atoms with E-state index in [1.165, 1.54) is 0 Å². The van der Waals surface area contributed by atoms with Gasteiger partial charge in [-0.3, -0.25) is 4.98 Å². The summed E-state index contributed by atoms with van der Waals surface area (Å²) in [6.07, 6.45) is 3.99. The minimum atomic E-state index is 0.622. The van der Waals surface area contributed by atoms with Crippen LogP contribution in [0.1, 0.15) is 11.1 Å². The van der Waals surface area contributed by atoms with Gasteiger partial charge in [-0.05, 0) is 29.3 Å². The normalized spacial score (nSPS) is 12.5. The molecular weight excluding hydrogens is 580 g/mol. The number of fused-ring (bicyclic) bond motifs is 4. The first-order chi connectivity index (χ1) is 23.3. The fourth-order valence-corrected chi connectivity index (χ4v) is 6.09. The third-order valence-corrected chi connectivity index (χ3v) is 8.43. The van der Waals surface area contributed by atoms with E-state index in [2.05, 4.69) is 53.9 Å². The van der Waals surface area contributed by atoms with Crippen LogP contribution in [-0.2, 0) is 0 Å². The SMILES string of the molecule is C1=C(c2ccc(-c3nc(-c4ccccc4)nc(-c4ccccc4)n3)cc2)c2c(oc3cnc(-c4ccc5ccccc5n4)cc23)NC1. The molecule has 1 aliphatic rings. The lowest BCUT2D eigenvalue weighted by Gasteiger charge is -2.16. The van der Waals surface area contributed by atoms with Gasteiger partial charge in [0, 0.05) is 34.0 Å². The van der Waals surface area contributed by atoms with Gasteiger partial charge in [0.2, 0.25) is 5.88 Å². The zero-order valence-corrected chi connectivity index (χ0v) is 25.1. The number of furan rings is 1. The van der Waals surface area contributed by atoms with E-state index in [9.17, 15) is 0 Å². The first-order valence-corrected chi connectivity index (χ1v) is 15.5. The van der Waals surface area contributed by atoms with Gasteiger partial charge in [0.1, 0.15) is 0 Å². The molecule has 0 unspecified atom stereocenters. The Hall–Kier alpha value is -6.47. The lowest BCUT2D eigenvalue weighted by atomic mass is 9.93. The Bertz CT molecular complexity index is 2390. The molecule has 0 fully saturated rings. The number of anilines is 1. The van der Waals surface area contributed by atoms with Crippen molar-refractivity contribution in [3.05, 3.63) is 151 Å². The molecule has 0 saturated carbocycles. The lowest BCUT2D eigenvalue weighted by molar-refractivity contribution is 0.626. The number of hydrogen-bond donors (Lipinski definition) is 1. The van der Waals surface area contributed by atoms with E-state index in [4.69, 9.17) is 29.3 Å². The van der Waals surface area contributed by atoms with Gasteiger partial charge in [-0.2, -0.15) is 0 Å². The number of benzene rings is 4. The van der Waals surface area contributed by atoms with Gasteiger partial charge in [-0.25, -0.2) is 19.9 Å². The Balaban J connectivity index is 1.10. The quantitative estimate of drug-likeness (QED) is 0.209. The highest BCUT2D eigenvalue weighted by atomic mass is 16.4. The Labute approximate surface area is 270 Å². The highest BCUT2D eigenvalue weighted by Crippen LogP contribution is 2.41. The predicted molar refractivity (Wildman–Crippen MR) is 186 cm³/mol. The molecule has 0 aliphatic carbocycles. The Morgan fingerprint density at radius 2 is 1.17 bits per heavy atom. The van der Waals surface area contributed by atoms with Gasteiger partial charge in [0.25, 0.3) is 0 Å². The number of nitrogens with one attached hydrogen (secondary N) is 1. The average molecular weight is 607 g/mol. The summed E-state index contributed by atoms with van der Waals surface area (Å²) in [4.78, 5) is 24.2. The van der Waals surface area contributed by atoms with Crippen molar-refractivity contribution in [1.29, 1.82) is 0 Å². The number of rotatable bonds is 5. The maximum absolute atomic E-state index is 6.25. The number of nitrogens with zero attached hydrogens (tertiary/aromatic N) is 5. The second-order valence-corrected chi connectivity index (χ2v) is 11.4. The standard InChI is InChI=1S/C40H26N6O/c1-3-10-27(11-4-1)37-44-38(28-12-5-2-6-13-28)46-39(45-37)29-17-15-25(16-18-29)30-21-22-41-40-36(30)31-23-34(42-24-35(31)47-40)33-20-19-26-9-7-8-14-32(26)43-33/h1-21,23-24,41H,22H2. The molecular formula is C40H26N6O. The summed E-state index contributed by atoms with van der Waals surface area (Å²) in [7, 11) is 0. The van der Waals surface area contributed by atoms with Crippen molar-refractivity contribution in [2.45, 2.75) is 0 Å². The summed E-state index contributed by atoms with van der Waals surface area (Å²) >= 11 is 0. The third kappa shape index (κ3) is 4.91. The molecule has 7 heteroatoms. The van der Waals surface area contributed by atoms with Crippen molar-refractivity contribution in [2.75, 3.05) is 11.9 Å². The molecule has 9 rings (SSSR count). The average Bonchev–Trinajstić information content (AvgIpc) is 3.53. The highest BCUT2D eigenvalue weighted by Gasteiger charge is 2.23. The van der Waals surface area contributed by atoms with Gasteiger partial charge in [-0.15, -0.1) is 0 Å². The Morgan fingerprint density at radius 1 is 0.553 bits per heavy atom. The summed E-state index contributed by atoms with van der Waals surface area (Å²) < 4.78 is 6.25. The molecule has 4 aromatic heterocycles. The van der Waals surface area contributed by atoms with E-state index in [0.717, 1.165) is 72.5 Å². The Kier molecular flexibility index (Phi) is 6.38. The molecule has 5 heterocycles. The predicted octanol–water partition coefficient (Wildman–Crippen LogP) is 9.09. The van der Waals surface area contributed by atoms with Crippen LogP contribution in [0.25, 0.3) is 73.0 Å². The van der Waals surface area contributed by atoms with Gasteiger partial charge >= 0.3 is 0 Å². The minimum absolute atomic E-state index is 0.622. The molecule has 8 aromatic rings. The molecule has 1 N–H and O–H groups in total.